The zero-order chi connectivity index (χ0) is 14.8. The summed E-state index contributed by atoms with van der Waals surface area (Å²) in [5, 5.41) is 0.924. The Kier molecular flexibility index (Phi) is 3.62. The Morgan fingerprint density at radius 3 is 2.86 bits per heavy atom. The Bertz CT molecular complexity index is 807. The van der Waals surface area contributed by atoms with Gasteiger partial charge in [0.2, 0.25) is 0 Å². The van der Waals surface area contributed by atoms with Gasteiger partial charge < -0.3 is 10.5 Å². The van der Waals surface area contributed by atoms with Gasteiger partial charge in [-0.15, -0.1) is 0 Å². The van der Waals surface area contributed by atoms with Crippen molar-refractivity contribution in [1.82, 2.24) is 4.98 Å². The molecule has 5 heteroatoms. The van der Waals surface area contributed by atoms with Crippen LogP contribution in [0.15, 0.2) is 48.7 Å². The number of nitrogen functional groups attached to an aromatic ring is 1. The predicted molar refractivity (Wildman–Crippen MR) is 81.9 cm³/mol. The van der Waals surface area contributed by atoms with Crippen LogP contribution in [0.1, 0.15) is 5.56 Å². The van der Waals surface area contributed by atoms with Crippen LogP contribution in [0.25, 0.3) is 10.9 Å². The molecule has 0 saturated heterocycles. The van der Waals surface area contributed by atoms with Crippen molar-refractivity contribution in [2.75, 3.05) is 5.73 Å². The minimum atomic E-state index is -0.457. The molecule has 0 aliphatic carbocycles. The molecule has 3 rings (SSSR count). The molecule has 1 aromatic heterocycles. The Labute approximate surface area is 126 Å². The molecule has 0 aliphatic rings. The van der Waals surface area contributed by atoms with E-state index in [0.29, 0.717) is 22.5 Å². The molecule has 106 valence electrons. The van der Waals surface area contributed by atoms with Gasteiger partial charge in [0.15, 0.2) is 0 Å². The standard InChI is InChI=1S/C16H12ClFN2O/c17-12-4-3-10(8-13(12)18)9-21-15-6-5-14(19)16-11(15)2-1-7-20-16/h1-8H,9,19H2. The first-order valence-corrected chi connectivity index (χ1v) is 6.73. The molecule has 0 unspecified atom stereocenters. The zero-order valence-electron chi connectivity index (χ0n) is 11.0. The molecule has 0 aliphatic heterocycles. The molecule has 21 heavy (non-hydrogen) atoms. The number of nitrogens with two attached hydrogens (primary N) is 1. The van der Waals surface area contributed by atoms with Crippen molar-refractivity contribution >= 4 is 28.2 Å². The van der Waals surface area contributed by atoms with Crippen LogP contribution in [0.5, 0.6) is 5.75 Å². The summed E-state index contributed by atoms with van der Waals surface area (Å²) in [5.74, 6) is 0.198. The number of hydrogen-bond acceptors (Lipinski definition) is 3. The summed E-state index contributed by atoms with van der Waals surface area (Å²) in [4.78, 5) is 4.24. The quantitative estimate of drug-likeness (QED) is 0.738. The molecule has 0 fully saturated rings. The second-order valence-electron chi connectivity index (χ2n) is 4.59. The third kappa shape index (κ3) is 2.76. The first kappa shape index (κ1) is 13.6. The first-order chi connectivity index (χ1) is 10.1. The molecule has 0 radical (unpaired) electrons. The molecular weight excluding hydrogens is 291 g/mol. The number of benzene rings is 2. The van der Waals surface area contributed by atoms with Crippen molar-refractivity contribution in [3.8, 4) is 5.75 Å². The average Bonchev–Trinajstić information content (AvgIpc) is 2.50. The summed E-state index contributed by atoms with van der Waals surface area (Å²) in [5.41, 5.74) is 7.87. The van der Waals surface area contributed by atoms with Crippen LogP contribution < -0.4 is 10.5 Å². The van der Waals surface area contributed by atoms with Crippen molar-refractivity contribution in [2.45, 2.75) is 6.61 Å². The number of anilines is 1. The van der Waals surface area contributed by atoms with Crippen LogP contribution in [0.2, 0.25) is 5.02 Å². The maximum atomic E-state index is 13.4. The molecular formula is C16H12ClFN2O. The minimum Gasteiger partial charge on any atom is -0.488 e. The van der Waals surface area contributed by atoms with Gasteiger partial charge in [0, 0.05) is 11.6 Å². The van der Waals surface area contributed by atoms with Gasteiger partial charge in [-0.25, -0.2) is 4.39 Å². The highest BCUT2D eigenvalue weighted by atomic mass is 35.5. The molecule has 0 spiro atoms. The molecule has 1 heterocycles. The Hall–Kier alpha value is -2.33. The SMILES string of the molecule is Nc1ccc(OCc2ccc(Cl)c(F)c2)c2cccnc12. The third-order valence-electron chi connectivity index (χ3n) is 3.14. The Balaban J connectivity index is 1.88. The van der Waals surface area contributed by atoms with E-state index in [1.54, 1.807) is 24.4 Å². The molecule has 0 atom stereocenters. The van der Waals surface area contributed by atoms with Crippen molar-refractivity contribution in [2.24, 2.45) is 0 Å². The largest absolute Gasteiger partial charge is 0.488 e. The predicted octanol–water partition coefficient (Wildman–Crippen LogP) is 4.19. The molecule has 3 nitrogen and oxygen atoms in total. The zero-order valence-corrected chi connectivity index (χ0v) is 11.8. The maximum absolute atomic E-state index is 13.4. The van der Waals surface area contributed by atoms with Crippen molar-refractivity contribution in [1.29, 1.82) is 0 Å². The monoisotopic (exact) mass is 302 g/mol. The highest BCUT2D eigenvalue weighted by Crippen LogP contribution is 2.29. The maximum Gasteiger partial charge on any atom is 0.142 e. The molecule has 2 aromatic carbocycles. The van der Waals surface area contributed by atoms with E-state index in [1.165, 1.54) is 12.1 Å². The second-order valence-corrected chi connectivity index (χ2v) is 5.00. The summed E-state index contributed by atoms with van der Waals surface area (Å²) in [6.45, 7) is 0.238. The summed E-state index contributed by atoms with van der Waals surface area (Å²) in [6, 6.07) is 11.8. The lowest BCUT2D eigenvalue weighted by Gasteiger charge is -2.10. The van der Waals surface area contributed by atoms with E-state index in [9.17, 15) is 4.39 Å². The number of halogens is 2. The van der Waals surface area contributed by atoms with E-state index >= 15 is 0 Å². The fourth-order valence-electron chi connectivity index (χ4n) is 2.08. The molecule has 2 N–H and O–H groups in total. The Morgan fingerprint density at radius 2 is 2.05 bits per heavy atom. The number of rotatable bonds is 3. The number of ether oxygens (including phenoxy) is 1. The van der Waals surface area contributed by atoms with Gasteiger partial charge in [-0.05, 0) is 42.0 Å². The number of pyridine rings is 1. The van der Waals surface area contributed by atoms with Crippen LogP contribution in [0.4, 0.5) is 10.1 Å². The van der Waals surface area contributed by atoms with E-state index in [0.717, 1.165) is 5.39 Å². The van der Waals surface area contributed by atoms with E-state index in [1.807, 2.05) is 12.1 Å². The van der Waals surface area contributed by atoms with Gasteiger partial charge in [-0.2, -0.15) is 0 Å². The van der Waals surface area contributed by atoms with Crippen LogP contribution in [0, 0.1) is 5.82 Å². The minimum absolute atomic E-state index is 0.0980. The smallest absolute Gasteiger partial charge is 0.142 e. The van der Waals surface area contributed by atoms with Crippen LogP contribution in [-0.2, 0) is 6.61 Å². The summed E-state index contributed by atoms with van der Waals surface area (Å²) < 4.78 is 19.1. The van der Waals surface area contributed by atoms with E-state index in [2.05, 4.69) is 4.98 Å². The summed E-state index contributed by atoms with van der Waals surface area (Å²) in [7, 11) is 0. The topological polar surface area (TPSA) is 48.1 Å². The van der Waals surface area contributed by atoms with Crippen molar-refractivity contribution < 1.29 is 9.13 Å². The molecule has 0 amide bonds. The summed E-state index contributed by atoms with van der Waals surface area (Å²) in [6.07, 6.45) is 1.68. The lowest BCUT2D eigenvalue weighted by Crippen LogP contribution is -1.98. The number of fused-ring (bicyclic) bond motifs is 1. The van der Waals surface area contributed by atoms with E-state index < -0.39 is 5.82 Å². The van der Waals surface area contributed by atoms with Gasteiger partial charge in [0.1, 0.15) is 18.2 Å². The summed E-state index contributed by atoms with van der Waals surface area (Å²) >= 11 is 5.66. The number of hydrogen-bond donors (Lipinski definition) is 1. The normalized spacial score (nSPS) is 10.8. The fourth-order valence-corrected chi connectivity index (χ4v) is 2.20. The lowest BCUT2D eigenvalue weighted by molar-refractivity contribution is 0.309. The van der Waals surface area contributed by atoms with Crippen molar-refractivity contribution in [3.63, 3.8) is 0 Å². The number of nitrogens with zero attached hydrogens (tertiary/aromatic N) is 1. The molecule has 3 aromatic rings. The van der Waals surface area contributed by atoms with Crippen LogP contribution >= 0.6 is 11.6 Å². The highest BCUT2D eigenvalue weighted by molar-refractivity contribution is 6.30. The first-order valence-electron chi connectivity index (χ1n) is 6.35. The third-order valence-corrected chi connectivity index (χ3v) is 3.45. The van der Waals surface area contributed by atoms with Crippen LogP contribution in [-0.4, -0.2) is 4.98 Å². The van der Waals surface area contributed by atoms with E-state index in [-0.39, 0.29) is 11.6 Å². The molecule has 0 bridgehead atoms. The van der Waals surface area contributed by atoms with E-state index in [4.69, 9.17) is 22.1 Å². The Morgan fingerprint density at radius 1 is 1.19 bits per heavy atom. The van der Waals surface area contributed by atoms with Gasteiger partial charge in [0.25, 0.3) is 0 Å². The lowest BCUT2D eigenvalue weighted by atomic mass is 10.1. The van der Waals surface area contributed by atoms with Gasteiger partial charge in [-0.1, -0.05) is 17.7 Å². The molecule has 0 saturated carbocycles. The van der Waals surface area contributed by atoms with Gasteiger partial charge in [-0.3, -0.25) is 4.98 Å². The average molecular weight is 303 g/mol. The van der Waals surface area contributed by atoms with Gasteiger partial charge in [0.05, 0.1) is 16.2 Å². The fraction of sp³-hybridized carbons (Fsp3) is 0.0625. The van der Waals surface area contributed by atoms with Crippen LogP contribution in [0.3, 0.4) is 0 Å². The highest BCUT2D eigenvalue weighted by Gasteiger charge is 2.07. The van der Waals surface area contributed by atoms with Crippen molar-refractivity contribution in [3.05, 3.63) is 65.1 Å². The second kappa shape index (κ2) is 5.58. The van der Waals surface area contributed by atoms with Gasteiger partial charge >= 0.3 is 0 Å². The number of aromatic nitrogens is 1.